The molecule has 0 aliphatic heterocycles. The Labute approximate surface area is 510 Å². The molecule has 0 radical (unpaired) electrons. The smallest absolute Gasteiger partial charge is 0.306 e. The van der Waals surface area contributed by atoms with Gasteiger partial charge in [0.2, 0.25) is 0 Å². The quantitative estimate of drug-likeness (QED) is 0.0323. The van der Waals surface area contributed by atoms with Gasteiger partial charge in [0.1, 0.15) is 38.1 Å². The van der Waals surface area contributed by atoms with Crippen molar-refractivity contribution in [2.45, 2.75) is 394 Å². The fourth-order valence-electron chi connectivity index (χ4n) is 10.7. The summed E-state index contributed by atoms with van der Waals surface area (Å²) in [6.07, 6.45) is 49.6. The lowest BCUT2D eigenvalue weighted by Gasteiger charge is -2.28. The van der Waals surface area contributed by atoms with Crippen LogP contribution in [-0.2, 0) is 57.2 Å². The van der Waals surface area contributed by atoms with Gasteiger partial charge in [0.05, 0.1) is 5.41 Å². The largest absolute Gasteiger partial charge is 0.465 e. The number of esters is 6. The minimum atomic E-state index is -0.911. The van der Waals surface area contributed by atoms with E-state index in [9.17, 15) is 28.8 Å². The van der Waals surface area contributed by atoms with Crippen LogP contribution in [0.4, 0.5) is 0 Å². The molecular weight excluding hydrogens is 1040 g/mol. The van der Waals surface area contributed by atoms with E-state index in [4.69, 9.17) is 28.4 Å². The molecule has 0 rings (SSSR count). The Kier molecular flexibility index (Phi) is 56.9. The first kappa shape index (κ1) is 79.8. The third kappa shape index (κ3) is 54.0. The Hall–Kier alpha value is -3.18. The van der Waals surface area contributed by atoms with Crippen LogP contribution in [-0.4, -0.2) is 73.9 Å². The van der Waals surface area contributed by atoms with Crippen LogP contribution < -0.4 is 0 Å². The van der Waals surface area contributed by atoms with Crippen LogP contribution in [0.3, 0.4) is 0 Å². The van der Waals surface area contributed by atoms with E-state index in [0.717, 1.165) is 154 Å². The van der Waals surface area contributed by atoms with E-state index in [2.05, 4.69) is 20.8 Å². The Balaban J connectivity index is 5.18. The Bertz CT molecular complexity index is 1360. The molecule has 0 amide bonds. The summed E-state index contributed by atoms with van der Waals surface area (Å²) in [5, 5.41) is 0. The van der Waals surface area contributed by atoms with Crippen molar-refractivity contribution in [1.29, 1.82) is 0 Å². The summed E-state index contributed by atoms with van der Waals surface area (Å²) in [4.78, 5) is 76.3. The summed E-state index contributed by atoms with van der Waals surface area (Å²) in [6.45, 7) is 14.4. The second-order valence-corrected chi connectivity index (χ2v) is 25.0. The third-order valence-electron chi connectivity index (χ3n) is 16.1. The van der Waals surface area contributed by atoms with Gasteiger partial charge >= 0.3 is 35.8 Å². The molecule has 0 N–H and O–H groups in total. The highest BCUT2D eigenvalue weighted by Gasteiger charge is 2.31. The number of hydrogen-bond acceptors (Lipinski definition) is 12. The van der Waals surface area contributed by atoms with E-state index in [0.29, 0.717) is 38.5 Å². The first-order chi connectivity index (χ1) is 40.3. The standard InChI is InChI=1S/C71H132O12/c1-8-14-17-20-23-29-38-50-62(81-68(75)47-11-4)53-41-32-26-35-44-56-65(72)78-59-71(7,60-79-66(73)57-45-36-27-33-42-54-63(82-69(76)48-12-5)51-39-30-24-21-18-15-9-2)61-80-67(74)58-46-37-28-34-43-55-64(83-70(77)49-13-6)52-40-31-25-22-19-16-10-3/h62-64H,8-61H2,1-7H3. The molecule has 0 aliphatic rings. The number of rotatable bonds is 63. The van der Waals surface area contributed by atoms with Crippen molar-refractivity contribution in [3.05, 3.63) is 0 Å². The van der Waals surface area contributed by atoms with Crippen LogP contribution in [0, 0.1) is 5.41 Å². The molecule has 3 unspecified atom stereocenters. The zero-order valence-electron chi connectivity index (χ0n) is 55.3. The predicted molar refractivity (Wildman–Crippen MR) is 340 cm³/mol. The fraction of sp³-hybridized carbons (Fsp3) is 0.915. The highest BCUT2D eigenvalue weighted by atomic mass is 16.6. The summed E-state index contributed by atoms with van der Waals surface area (Å²) in [5.41, 5.74) is -0.911. The van der Waals surface area contributed by atoms with Gasteiger partial charge in [-0.05, 0) is 122 Å². The van der Waals surface area contributed by atoms with Crippen LogP contribution in [0.5, 0.6) is 0 Å². The van der Waals surface area contributed by atoms with Crippen molar-refractivity contribution in [1.82, 2.24) is 0 Å². The van der Waals surface area contributed by atoms with Gasteiger partial charge in [0.25, 0.3) is 0 Å². The molecule has 0 aliphatic carbocycles. The first-order valence-corrected chi connectivity index (χ1v) is 35.4. The van der Waals surface area contributed by atoms with E-state index < -0.39 is 5.41 Å². The van der Waals surface area contributed by atoms with Crippen molar-refractivity contribution in [2.75, 3.05) is 19.8 Å². The molecule has 488 valence electrons. The highest BCUT2D eigenvalue weighted by Crippen LogP contribution is 2.24. The monoisotopic (exact) mass is 1180 g/mol. The van der Waals surface area contributed by atoms with Crippen LogP contribution in [0.25, 0.3) is 0 Å². The van der Waals surface area contributed by atoms with Gasteiger partial charge < -0.3 is 28.4 Å². The SMILES string of the molecule is CCCCCCCCCC(CCCCCCCC(=O)OCC(C)(COC(=O)CCCCCCCC(CCCCCCCCC)OC(=O)CCC)COC(=O)CCCCCCCC(CCCCCCCCC)OC(=O)CCC)OC(=O)CCC. The van der Waals surface area contributed by atoms with E-state index in [1.54, 1.807) is 0 Å². The van der Waals surface area contributed by atoms with Crippen molar-refractivity contribution in [3.8, 4) is 0 Å². The summed E-state index contributed by atoms with van der Waals surface area (Å²) in [5.74, 6) is -1.24. The maximum Gasteiger partial charge on any atom is 0.306 e. The molecule has 12 heteroatoms. The highest BCUT2D eigenvalue weighted by molar-refractivity contribution is 5.71. The average molecular weight is 1180 g/mol. The second kappa shape index (κ2) is 59.2. The van der Waals surface area contributed by atoms with Gasteiger partial charge in [-0.2, -0.15) is 0 Å². The van der Waals surface area contributed by atoms with Crippen LogP contribution in [0.2, 0.25) is 0 Å². The molecule has 0 aromatic rings. The van der Waals surface area contributed by atoms with Gasteiger partial charge in [-0.3, -0.25) is 28.8 Å². The second-order valence-electron chi connectivity index (χ2n) is 25.0. The topological polar surface area (TPSA) is 158 Å². The van der Waals surface area contributed by atoms with Crippen molar-refractivity contribution < 1.29 is 57.2 Å². The Morgan fingerprint density at radius 2 is 0.434 bits per heavy atom. The number of ether oxygens (including phenoxy) is 6. The number of unbranched alkanes of at least 4 members (excludes halogenated alkanes) is 30. The molecular formula is C71H132O12. The van der Waals surface area contributed by atoms with Crippen molar-refractivity contribution >= 4 is 35.8 Å². The molecule has 3 atom stereocenters. The van der Waals surface area contributed by atoms with Crippen LogP contribution in [0.15, 0.2) is 0 Å². The number of carbonyl (C=O) groups excluding carboxylic acids is 6. The molecule has 0 heterocycles. The molecule has 0 bridgehead atoms. The average Bonchev–Trinajstić information content (AvgIpc) is 3.49. The predicted octanol–water partition coefficient (Wildman–Crippen LogP) is 20.4. The minimum Gasteiger partial charge on any atom is -0.465 e. The maximum absolute atomic E-state index is 13.1. The molecule has 0 saturated carbocycles. The molecule has 12 nitrogen and oxygen atoms in total. The summed E-state index contributed by atoms with van der Waals surface area (Å²) in [6, 6.07) is 0. The van der Waals surface area contributed by atoms with Crippen LogP contribution >= 0.6 is 0 Å². The number of carbonyl (C=O) groups is 6. The lowest BCUT2D eigenvalue weighted by Crippen LogP contribution is -2.37. The van der Waals surface area contributed by atoms with E-state index in [1.165, 1.54) is 116 Å². The van der Waals surface area contributed by atoms with E-state index >= 15 is 0 Å². The molecule has 0 aromatic heterocycles. The molecule has 0 aromatic carbocycles. The van der Waals surface area contributed by atoms with E-state index in [-0.39, 0.29) is 93.2 Å². The van der Waals surface area contributed by atoms with Gasteiger partial charge in [-0.1, -0.05) is 215 Å². The lowest BCUT2D eigenvalue weighted by atomic mass is 9.94. The van der Waals surface area contributed by atoms with E-state index in [1.807, 2.05) is 27.7 Å². The summed E-state index contributed by atoms with van der Waals surface area (Å²) in [7, 11) is 0. The molecule has 0 spiro atoms. The molecule has 83 heavy (non-hydrogen) atoms. The van der Waals surface area contributed by atoms with Gasteiger partial charge in [-0.25, -0.2) is 0 Å². The normalized spacial score (nSPS) is 13.2. The van der Waals surface area contributed by atoms with Gasteiger partial charge in [-0.15, -0.1) is 0 Å². The van der Waals surface area contributed by atoms with Gasteiger partial charge in [0, 0.05) is 38.5 Å². The Morgan fingerprint density at radius 3 is 0.639 bits per heavy atom. The zero-order valence-corrected chi connectivity index (χ0v) is 55.3. The first-order valence-electron chi connectivity index (χ1n) is 35.4. The van der Waals surface area contributed by atoms with Crippen molar-refractivity contribution in [3.63, 3.8) is 0 Å². The molecule has 0 saturated heterocycles. The lowest BCUT2D eigenvalue weighted by molar-refractivity contribution is -0.161. The van der Waals surface area contributed by atoms with Crippen LogP contribution in [0.1, 0.15) is 376 Å². The minimum absolute atomic E-state index is 0.0178. The fourth-order valence-corrected chi connectivity index (χ4v) is 10.7. The Morgan fingerprint density at radius 1 is 0.241 bits per heavy atom. The maximum atomic E-state index is 13.1. The van der Waals surface area contributed by atoms with Crippen molar-refractivity contribution in [2.24, 2.45) is 5.41 Å². The molecule has 0 fully saturated rings. The third-order valence-corrected chi connectivity index (χ3v) is 16.1. The zero-order chi connectivity index (χ0) is 61.1. The summed E-state index contributed by atoms with van der Waals surface area (Å²) < 4.78 is 35.0. The van der Waals surface area contributed by atoms with Gasteiger partial charge in [0.15, 0.2) is 0 Å². The number of hydrogen-bond donors (Lipinski definition) is 0. The summed E-state index contributed by atoms with van der Waals surface area (Å²) >= 11 is 0.